The second-order valence-electron chi connectivity index (χ2n) is 1.91. The molecule has 1 aromatic heterocycles. The fourth-order valence-electron chi connectivity index (χ4n) is 0.717. The smallest absolute Gasteiger partial charge is 0.212 e. The molecule has 0 aromatic carbocycles. The number of aromatic nitrogens is 2. The van der Waals surface area contributed by atoms with Gasteiger partial charge in [0, 0.05) is 13.1 Å². The van der Waals surface area contributed by atoms with Gasteiger partial charge in [-0.25, -0.2) is 0 Å². The molecule has 1 N–H and O–H groups in total. The van der Waals surface area contributed by atoms with E-state index in [-0.39, 0.29) is 5.69 Å². The number of anilines is 1. The van der Waals surface area contributed by atoms with Gasteiger partial charge in [-0.1, -0.05) is 0 Å². The summed E-state index contributed by atoms with van der Waals surface area (Å²) in [6, 6.07) is 3.35. The Morgan fingerprint density at radius 1 is 1.91 bits per heavy atom. The number of rotatable bonds is 2. The van der Waals surface area contributed by atoms with Gasteiger partial charge in [0.25, 0.3) is 0 Å². The molecule has 1 aromatic rings. The van der Waals surface area contributed by atoms with Crippen molar-refractivity contribution in [3.63, 3.8) is 0 Å². The first-order valence-electron chi connectivity index (χ1n) is 2.92. The maximum atomic E-state index is 9.99. The first kappa shape index (κ1) is 7.28. The van der Waals surface area contributed by atoms with Crippen molar-refractivity contribution in [1.29, 1.82) is 5.26 Å². The van der Waals surface area contributed by atoms with Gasteiger partial charge in [0.05, 0.1) is 0 Å². The summed E-state index contributed by atoms with van der Waals surface area (Å²) in [6.45, 7) is 0. The zero-order valence-electron chi connectivity index (χ0n) is 5.90. The molecule has 1 amide bonds. The van der Waals surface area contributed by atoms with Crippen LogP contribution < -0.4 is 5.32 Å². The topological polar surface area (TPSA) is 70.7 Å². The second kappa shape index (κ2) is 2.84. The van der Waals surface area contributed by atoms with Crippen LogP contribution in [0.25, 0.3) is 0 Å². The molecular weight excluding hydrogens is 144 g/mol. The summed E-state index contributed by atoms with van der Waals surface area (Å²) in [6.07, 6.45) is 0.540. The molecule has 0 fully saturated rings. The third-order valence-electron chi connectivity index (χ3n) is 1.20. The third-order valence-corrected chi connectivity index (χ3v) is 1.20. The maximum absolute atomic E-state index is 9.99. The fourth-order valence-corrected chi connectivity index (χ4v) is 0.717. The summed E-state index contributed by atoms with van der Waals surface area (Å²) >= 11 is 0. The molecule has 0 bridgehead atoms. The van der Waals surface area contributed by atoms with Crippen molar-refractivity contribution >= 4 is 12.2 Å². The number of hydrogen-bond donors (Lipinski definition) is 1. The molecule has 0 saturated heterocycles. The van der Waals surface area contributed by atoms with Gasteiger partial charge in [0.15, 0.2) is 5.69 Å². The van der Waals surface area contributed by atoms with Crippen LogP contribution >= 0.6 is 0 Å². The number of aryl methyl sites for hydroxylation is 1. The third kappa shape index (κ3) is 1.35. The number of nitrogens with zero attached hydrogens (tertiary/aromatic N) is 3. The SMILES string of the molecule is Cn1nc(C#N)cc1NC=O. The van der Waals surface area contributed by atoms with Crippen LogP contribution in [0.1, 0.15) is 5.69 Å². The Bertz CT molecular complexity index is 309. The van der Waals surface area contributed by atoms with Gasteiger partial charge in [-0.15, -0.1) is 0 Å². The average Bonchev–Trinajstić information content (AvgIpc) is 2.33. The standard InChI is InChI=1S/C6H6N4O/c1-10-6(8-4-11)2-5(3-7)9-10/h2,4H,1H3,(H,8,11). The van der Waals surface area contributed by atoms with Gasteiger partial charge in [-0.3, -0.25) is 9.48 Å². The highest BCUT2D eigenvalue weighted by Gasteiger charge is 2.01. The van der Waals surface area contributed by atoms with E-state index in [1.807, 2.05) is 6.07 Å². The highest BCUT2D eigenvalue weighted by atomic mass is 16.1. The lowest BCUT2D eigenvalue weighted by atomic mass is 10.5. The van der Waals surface area contributed by atoms with Crippen LogP contribution in [0.4, 0.5) is 5.82 Å². The zero-order chi connectivity index (χ0) is 8.27. The van der Waals surface area contributed by atoms with E-state index in [1.165, 1.54) is 10.7 Å². The van der Waals surface area contributed by atoms with E-state index in [9.17, 15) is 4.79 Å². The van der Waals surface area contributed by atoms with Gasteiger partial charge >= 0.3 is 0 Å². The number of nitriles is 1. The van der Waals surface area contributed by atoms with E-state index >= 15 is 0 Å². The van der Waals surface area contributed by atoms with Crippen LogP contribution in [-0.4, -0.2) is 16.2 Å². The van der Waals surface area contributed by atoms with E-state index in [1.54, 1.807) is 7.05 Å². The largest absolute Gasteiger partial charge is 0.314 e. The summed E-state index contributed by atoms with van der Waals surface area (Å²) in [7, 11) is 1.65. The van der Waals surface area contributed by atoms with E-state index in [0.29, 0.717) is 12.2 Å². The van der Waals surface area contributed by atoms with Crippen molar-refractivity contribution in [2.24, 2.45) is 7.05 Å². The highest BCUT2D eigenvalue weighted by Crippen LogP contribution is 2.05. The van der Waals surface area contributed by atoms with Crippen LogP contribution in [0.2, 0.25) is 0 Å². The Kier molecular flexibility index (Phi) is 1.88. The zero-order valence-corrected chi connectivity index (χ0v) is 5.90. The highest BCUT2D eigenvalue weighted by molar-refractivity contribution is 5.69. The Balaban J connectivity index is 2.99. The van der Waals surface area contributed by atoms with Crippen LogP contribution in [0.3, 0.4) is 0 Å². The van der Waals surface area contributed by atoms with Crippen molar-refractivity contribution in [3.05, 3.63) is 11.8 Å². The van der Waals surface area contributed by atoms with Crippen LogP contribution in [0.15, 0.2) is 6.07 Å². The number of amides is 1. The predicted molar refractivity (Wildman–Crippen MR) is 37.6 cm³/mol. The van der Waals surface area contributed by atoms with Gasteiger partial charge in [-0.2, -0.15) is 10.4 Å². The average molecular weight is 150 g/mol. The van der Waals surface area contributed by atoms with Gasteiger partial charge in [0.1, 0.15) is 11.9 Å². The maximum Gasteiger partial charge on any atom is 0.212 e. The van der Waals surface area contributed by atoms with Crippen molar-refractivity contribution in [2.75, 3.05) is 5.32 Å². The summed E-state index contributed by atoms with van der Waals surface area (Å²) in [5.74, 6) is 0.511. The molecule has 56 valence electrons. The minimum atomic E-state index is 0.289. The summed E-state index contributed by atoms with van der Waals surface area (Å²) < 4.78 is 1.42. The lowest BCUT2D eigenvalue weighted by Crippen LogP contribution is -2.01. The van der Waals surface area contributed by atoms with Gasteiger partial charge in [0.2, 0.25) is 6.41 Å². The summed E-state index contributed by atoms with van der Waals surface area (Å²) in [5.41, 5.74) is 0.289. The van der Waals surface area contributed by atoms with E-state index in [2.05, 4.69) is 10.4 Å². The van der Waals surface area contributed by atoms with E-state index in [0.717, 1.165) is 0 Å². The monoisotopic (exact) mass is 150 g/mol. The molecule has 0 saturated carbocycles. The second-order valence-corrected chi connectivity index (χ2v) is 1.91. The van der Waals surface area contributed by atoms with Crippen molar-refractivity contribution in [1.82, 2.24) is 9.78 Å². The van der Waals surface area contributed by atoms with Gasteiger partial charge in [-0.05, 0) is 0 Å². The first-order chi connectivity index (χ1) is 5.27. The Labute approximate surface area is 63.2 Å². The molecule has 0 spiro atoms. The Morgan fingerprint density at radius 3 is 3.09 bits per heavy atom. The molecule has 1 heterocycles. The van der Waals surface area contributed by atoms with Crippen LogP contribution in [0.5, 0.6) is 0 Å². The van der Waals surface area contributed by atoms with Gasteiger partial charge < -0.3 is 5.32 Å². The quantitative estimate of drug-likeness (QED) is 0.596. The minimum absolute atomic E-state index is 0.289. The normalized spacial score (nSPS) is 8.73. The first-order valence-corrected chi connectivity index (χ1v) is 2.92. The number of carbonyl (C=O) groups excluding carboxylic acids is 1. The molecule has 11 heavy (non-hydrogen) atoms. The van der Waals surface area contributed by atoms with Crippen molar-refractivity contribution in [2.45, 2.75) is 0 Å². The lowest BCUT2D eigenvalue weighted by Gasteiger charge is -1.94. The predicted octanol–water partition coefficient (Wildman–Crippen LogP) is -0.140. The molecule has 0 aliphatic rings. The molecule has 0 radical (unpaired) electrons. The molecule has 0 aliphatic carbocycles. The molecule has 5 heteroatoms. The molecule has 0 unspecified atom stereocenters. The molecule has 0 aliphatic heterocycles. The minimum Gasteiger partial charge on any atom is -0.314 e. The van der Waals surface area contributed by atoms with Crippen molar-refractivity contribution < 1.29 is 4.79 Å². The molecule has 5 nitrogen and oxygen atoms in total. The number of nitrogens with one attached hydrogen (secondary N) is 1. The summed E-state index contributed by atoms with van der Waals surface area (Å²) in [5, 5.41) is 14.6. The number of hydrogen-bond acceptors (Lipinski definition) is 3. The van der Waals surface area contributed by atoms with E-state index in [4.69, 9.17) is 5.26 Å². The van der Waals surface area contributed by atoms with E-state index < -0.39 is 0 Å². The molecular formula is C6H6N4O. The Morgan fingerprint density at radius 2 is 2.64 bits per heavy atom. The van der Waals surface area contributed by atoms with Crippen LogP contribution in [0, 0.1) is 11.3 Å². The molecule has 1 rings (SSSR count). The fraction of sp³-hybridized carbons (Fsp3) is 0.167. The van der Waals surface area contributed by atoms with Crippen molar-refractivity contribution in [3.8, 4) is 6.07 Å². The molecule has 0 atom stereocenters. The Hall–Kier alpha value is -1.83. The number of carbonyl (C=O) groups is 1. The lowest BCUT2D eigenvalue weighted by molar-refractivity contribution is -0.105. The van der Waals surface area contributed by atoms with Crippen LogP contribution in [-0.2, 0) is 11.8 Å². The summed E-state index contributed by atoms with van der Waals surface area (Å²) in [4.78, 5) is 9.99.